The van der Waals surface area contributed by atoms with E-state index in [2.05, 4.69) is 24.2 Å². The van der Waals surface area contributed by atoms with Gasteiger partial charge in [0.1, 0.15) is 5.82 Å². The maximum absolute atomic E-state index is 14.0. The number of ether oxygens (including phenoxy) is 1. The Hall–Kier alpha value is -0.720. The molecule has 0 saturated carbocycles. The fourth-order valence-electron chi connectivity index (χ4n) is 2.65. The molecule has 1 saturated heterocycles. The molecule has 1 aliphatic rings. The van der Waals surface area contributed by atoms with E-state index < -0.39 is 0 Å². The third-order valence-corrected chi connectivity index (χ3v) is 4.28. The number of hydrogen-bond donors (Lipinski definition) is 2. The Morgan fingerprint density at radius 3 is 2.95 bits per heavy atom. The van der Waals surface area contributed by atoms with Crippen LogP contribution in [-0.4, -0.2) is 42.8 Å². The fourth-order valence-corrected chi connectivity index (χ4v) is 2.84. The first-order chi connectivity index (χ1) is 10.0. The molecular weight excluding hydrogens is 293 g/mol. The molecule has 3 N–H and O–H groups in total. The van der Waals surface area contributed by atoms with Gasteiger partial charge < -0.3 is 4.74 Å². The standard InChI is InChI=1S/C15H23ClFN3O/c1-10(2)20-6-7-21-14(9-20)13(19-18)8-11-4-3-5-12(16)15(11)17/h3-5,10,13-14,19H,6-9,18H2,1-2H3. The number of hydrogen-bond acceptors (Lipinski definition) is 4. The third kappa shape index (κ3) is 4.14. The van der Waals surface area contributed by atoms with Gasteiger partial charge in [0.05, 0.1) is 23.8 Å². The molecule has 2 rings (SSSR count). The molecule has 0 aromatic heterocycles. The first-order valence-electron chi connectivity index (χ1n) is 7.27. The maximum Gasteiger partial charge on any atom is 0.145 e. The van der Waals surface area contributed by atoms with Crippen LogP contribution < -0.4 is 11.3 Å². The molecule has 0 aliphatic carbocycles. The minimum atomic E-state index is -0.379. The first kappa shape index (κ1) is 16.6. The molecule has 1 aromatic rings. The van der Waals surface area contributed by atoms with E-state index in [4.69, 9.17) is 22.2 Å². The molecule has 0 spiro atoms. The molecule has 1 aromatic carbocycles. The predicted octanol–water partition coefficient (Wildman–Crippen LogP) is 1.96. The van der Waals surface area contributed by atoms with Crippen LogP contribution in [-0.2, 0) is 11.2 Å². The number of nitrogens with two attached hydrogens (primary N) is 1. The monoisotopic (exact) mass is 315 g/mol. The maximum atomic E-state index is 14.0. The van der Waals surface area contributed by atoms with Crippen LogP contribution in [0.25, 0.3) is 0 Å². The second-order valence-corrected chi connectivity index (χ2v) is 6.10. The Balaban J connectivity index is 2.07. The van der Waals surface area contributed by atoms with Crippen LogP contribution in [0.3, 0.4) is 0 Å². The van der Waals surface area contributed by atoms with Crippen molar-refractivity contribution in [3.63, 3.8) is 0 Å². The van der Waals surface area contributed by atoms with Gasteiger partial charge in [0.15, 0.2) is 0 Å². The topological polar surface area (TPSA) is 50.5 Å². The lowest BCUT2D eigenvalue weighted by Crippen LogP contribution is -2.56. The molecule has 21 heavy (non-hydrogen) atoms. The SMILES string of the molecule is CC(C)N1CCOC(C(Cc2cccc(Cl)c2F)NN)C1. The van der Waals surface area contributed by atoms with Gasteiger partial charge in [0.25, 0.3) is 0 Å². The van der Waals surface area contributed by atoms with E-state index in [1.807, 2.05) is 0 Å². The van der Waals surface area contributed by atoms with Crippen LogP contribution >= 0.6 is 11.6 Å². The van der Waals surface area contributed by atoms with Gasteiger partial charge in [-0.05, 0) is 31.9 Å². The van der Waals surface area contributed by atoms with Gasteiger partial charge in [-0.25, -0.2) is 4.39 Å². The Kier molecular flexibility index (Phi) is 5.96. The Labute approximate surface area is 130 Å². The molecule has 0 amide bonds. The number of hydrazine groups is 1. The molecule has 2 atom stereocenters. The van der Waals surface area contributed by atoms with E-state index in [1.165, 1.54) is 0 Å². The molecule has 2 unspecified atom stereocenters. The van der Waals surface area contributed by atoms with Crippen molar-refractivity contribution in [2.45, 2.75) is 38.5 Å². The minimum Gasteiger partial charge on any atom is -0.374 e. The summed E-state index contributed by atoms with van der Waals surface area (Å²) in [7, 11) is 0. The van der Waals surface area contributed by atoms with E-state index in [1.54, 1.807) is 18.2 Å². The van der Waals surface area contributed by atoms with Crippen molar-refractivity contribution in [3.8, 4) is 0 Å². The van der Waals surface area contributed by atoms with Gasteiger partial charge >= 0.3 is 0 Å². The van der Waals surface area contributed by atoms with Crippen LogP contribution in [0.2, 0.25) is 5.02 Å². The highest BCUT2D eigenvalue weighted by atomic mass is 35.5. The predicted molar refractivity (Wildman–Crippen MR) is 82.7 cm³/mol. The smallest absolute Gasteiger partial charge is 0.145 e. The number of morpholine rings is 1. The highest BCUT2D eigenvalue weighted by molar-refractivity contribution is 6.30. The number of halogens is 2. The number of nitrogens with zero attached hydrogens (tertiary/aromatic N) is 1. The van der Waals surface area contributed by atoms with Gasteiger partial charge in [-0.3, -0.25) is 16.2 Å². The summed E-state index contributed by atoms with van der Waals surface area (Å²) in [4.78, 5) is 2.34. The summed E-state index contributed by atoms with van der Waals surface area (Å²) in [6, 6.07) is 5.32. The van der Waals surface area contributed by atoms with Crippen molar-refractivity contribution in [3.05, 3.63) is 34.6 Å². The van der Waals surface area contributed by atoms with Crippen molar-refractivity contribution >= 4 is 11.6 Å². The summed E-state index contributed by atoms with van der Waals surface area (Å²) in [6.07, 6.45) is 0.379. The molecule has 0 radical (unpaired) electrons. The van der Waals surface area contributed by atoms with Crippen molar-refractivity contribution in [1.82, 2.24) is 10.3 Å². The van der Waals surface area contributed by atoms with Gasteiger partial charge in [-0.1, -0.05) is 23.7 Å². The van der Waals surface area contributed by atoms with Crippen molar-refractivity contribution in [2.75, 3.05) is 19.7 Å². The van der Waals surface area contributed by atoms with E-state index in [0.29, 0.717) is 24.6 Å². The Morgan fingerprint density at radius 2 is 2.29 bits per heavy atom. The number of rotatable bonds is 5. The average molecular weight is 316 g/mol. The first-order valence-corrected chi connectivity index (χ1v) is 7.65. The fraction of sp³-hybridized carbons (Fsp3) is 0.600. The minimum absolute atomic E-state index is 0.0652. The van der Waals surface area contributed by atoms with Crippen molar-refractivity contribution < 1.29 is 9.13 Å². The second kappa shape index (κ2) is 7.51. The molecule has 1 heterocycles. The van der Waals surface area contributed by atoms with E-state index in [0.717, 1.165) is 13.1 Å². The van der Waals surface area contributed by atoms with E-state index in [-0.39, 0.29) is 23.0 Å². The van der Waals surface area contributed by atoms with Crippen LogP contribution in [0, 0.1) is 5.82 Å². The Morgan fingerprint density at radius 1 is 1.52 bits per heavy atom. The summed E-state index contributed by atoms with van der Waals surface area (Å²) >= 11 is 5.82. The quantitative estimate of drug-likeness (QED) is 0.644. The zero-order valence-electron chi connectivity index (χ0n) is 12.5. The largest absolute Gasteiger partial charge is 0.374 e. The highest BCUT2D eigenvalue weighted by Crippen LogP contribution is 2.21. The summed E-state index contributed by atoms with van der Waals surface area (Å²) in [5.74, 6) is 5.28. The zero-order chi connectivity index (χ0) is 15.4. The molecule has 1 fully saturated rings. The second-order valence-electron chi connectivity index (χ2n) is 5.69. The van der Waals surface area contributed by atoms with E-state index in [9.17, 15) is 4.39 Å². The van der Waals surface area contributed by atoms with Crippen LogP contribution in [0.4, 0.5) is 4.39 Å². The molecule has 1 aliphatic heterocycles. The Bertz CT molecular complexity index is 472. The summed E-state index contributed by atoms with van der Waals surface area (Å²) in [6.45, 7) is 6.68. The average Bonchev–Trinajstić information content (AvgIpc) is 2.49. The van der Waals surface area contributed by atoms with Crippen LogP contribution in [0.1, 0.15) is 19.4 Å². The number of benzene rings is 1. The van der Waals surface area contributed by atoms with Gasteiger partial charge in [-0.2, -0.15) is 0 Å². The molecule has 4 nitrogen and oxygen atoms in total. The van der Waals surface area contributed by atoms with E-state index >= 15 is 0 Å². The normalized spacial score (nSPS) is 21.7. The lowest BCUT2D eigenvalue weighted by molar-refractivity contribution is -0.0553. The molecular formula is C15H23ClFN3O. The summed E-state index contributed by atoms with van der Waals surface area (Å²) in [5.41, 5.74) is 3.32. The third-order valence-electron chi connectivity index (χ3n) is 3.99. The van der Waals surface area contributed by atoms with Crippen molar-refractivity contribution in [2.24, 2.45) is 5.84 Å². The summed E-state index contributed by atoms with van der Waals surface area (Å²) in [5, 5.41) is 0.136. The zero-order valence-corrected chi connectivity index (χ0v) is 13.2. The van der Waals surface area contributed by atoms with Gasteiger partial charge in [0.2, 0.25) is 0 Å². The lowest BCUT2D eigenvalue weighted by atomic mass is 9.99. The van der Waals surface area contributed by atoms with Gasteiger partial charge in [0, 0.05) is 19.1 Å². The van der Waals surface area contributed by atoms with Crippen LogP contribution in [0.5, 0.6) is 0 Å². The van der Waals surface area contributed by atoms with Gasteiger partial charge in [-0.15, -0.1) is 0 Å². The molecule has 6 heteroatoms. The number of nitrogens with one attached hydrogen (secondary N) is 1. The van der Waals surface area contributed by atoms with Crippen LogP contribution in [0.15, 0.2) is 18.2 Å². The lowest BCUT2D eigenvalue weighted by Gasteiger charge is -2.38. The molecule has 118 valence electrons. The summed E-state index contributed by atoms with van der Waals surface area (Å²) < 4.78 is 19.8. The molecule has 0 bridgehead atoms. The highest BCUT2D eigenvalue weighted by Gasteiger charge is 2.29. The van der Waals surface area contributed by atoms with Crippen molar-refractivity contribution in [1.29, 1.82) is 0 Å².